The fraction of sp³-hybridized carbons (Fsp3) is 0.400. The molecule has 0 unspecified atom stereocenters. The van der Waals surface area contributed by atoms with Gasteiger partial charge in [-0.05, 0) is 11.5 Å². The number of rotatable bonds is 0. The van der Waals surface area contributed by atoms with Crippen LogP contribution in [0.5, 0.6) is 0 Å². The molecule has 0 saturated carbocycles. The topological polar surface area (TPSA) is 56.2 Å². The predicted octanol–water partition coefficient (Wildman–Crippen LogP) is 1.61. The van der Waals surface area contributed by atoms with Gasteiger partial charge in [0.25, 0.3) is 0 Å². The molecule has 74 valence electrons. The van der Waals surface area contributed by atoms with E-state index < -0.39 is 0 Å². The second-order valence-corrected chi connectivity index (χ2v) is 4.40. The fourth-order valence-electron chi connectivity index (χ4n) is 1.53. The number of fused-ring (bicyclic) bond motifs is 1. The zero-order valence-electron chi connectivity index (χ0n) is 8.65. The summed E-state index contributed by atoms with van der Waals surface area (Å²) in [5, 5.41) is 0. The molecule has 2 aromatic rings. The van der Waals surface area contributed by atoms with Gasteiger partial charge < -0.3 is 5.73 Å². The van der Waals surface area contributed by atoms with E-state index in [4.69, 9.17) is 5.73 Å². The molecule has 4 nitrogen and oxygen atoms in total. The minimum Gasteiger partial charge on any atom is -0.369 e. The number of hydrogen-bond donors (Lipinski definition) is 1. The summed E-state index contributed by atoms with van der Waals surface area (Å²) in [5.41, 5.74) is 7.88. The third-order valence-electron chi connectivity index (χ3n) is 2.28. The van der Waals surface area contributed by atoms with Crippen LogP contribution in [0.2, 0.25) is 0 Å². The molecule has 4 heteroatoms. The molecule has 0 amide bonds. The van der Waals surface area contributed by atoms with Crippen LogP contribution in [-0.2, 0) is 5.41 Å². The molecule has 0 radical (unpaired) electrons. The van der Waals surface area contributed by atoms with Gasteiger partial charge in [-0.25, -0.2) is 9.97 Å². The molecule has 0 bridgehead atoms. The quantitative estimate of drug-likeness (QED) is 0.686. The Labute approximate surface area is 82.8 Å². The minimum absolute atomic E-state index is 0.0789. The monoisotopic (exact) mass is 190 g/mol. The smallest absolute Gasteiger partial charge is 0.207 e. The molecule has 0 atom stereocenters. The second kappa shape index (κ2) is 2.70. The third kappa shape index (κ3) is 1.23. The van der Waals surface area contributed by atoms with E-state index in [1.807, 2.05) is 12.3 Å². The van der Waals surface area contributed by atoms with Crippen molar-refractivity contribution < 1.29 is 0 Å². The maximum atomic E-state index is 5.72. The van der Waals surface area contributed by atoms with Gasteiger partial charge in [-0.3, -0.25) is 4.40 Å². The maximum absolute atomic E-state index is 5.72. The molecule has 2 rings (SSSR count). The Bertz CT molecular complexity index is 464. The van der Waals surface area contributed by atoms with Crippen molar-refractivity contribution in [2.45, 2.75) is 26.2 Å². The average molecular weight is 190 g/mol. The molecule has 14 heavy (non-hydrogen) atoms. The van der Waals surface area contributed by atoms with Crippen LogP contribution in [0.25, 0.3) is 5.65 Å². The van der Waals surface area contributed by atoms with E-state index in [9.17, 15) is 0 Å². The molecule has 2 heterocycles. The summed E-state index contributed by atoms with van der Waals surface area (Å²) in [6, 6.07) is 2.04. The molecular formula is C10H14N4. The summed E-state index contributed by atoms with van der Waals surface area (Å²) >= 11 is 0. The third-order valence-corrected chi connectivity index (χ3v) is 2.28. The Hall–Kier alpha value is -1.58. The summed E-state index contributed by atoms with van der Waals surface area (Å²) in [6.07, 6.45) is 3.41. The van der Waals surface area contributed by atoms with Crippen molar-refractivity contribution in [1.82, 2.24) is 14.4 Å². The first-order chi connectivity index (χ1) is 6.50. The van der Waals surface area contributed by atoms with Crippen LogP contribution in [0, 0.1) is 0 Å². The maximum Gasteiger partial charge on any atom is 0.207 e. The summed E-state index contributed by atoms with van der Waals surface area (Å²) in [4.78, 5) is 8.17. The molecule has 2 aromatic heterocycles. The Morgan fingerprint density at radius 2 is 2.00 bits per heavy atom. The van der Waals surface area contributed by atoms with Crippen LogP contribution in [0.15, 0.2) is 18.6 Å². The molecule has 2 N–H and O–H groups in total. The van der Waals surface area contributed by atoms with Crippen molar-refractivity contribution in [3.8, 4) is 0 Å². The lowest BCUT2D eigenvalue weighted by atomic mass is 9.89. The van der Waals surface area contributed by atoms with Crippen molar-refractivity contribution in [3.05, 3.63) is 24.2 Å². The van der Waals surface area contributed by atoms with Gasteiger partial charge in [0.1, 0.15) is 12.0 Å². The first kappa shape index (κ1) is 8.99. The summed E-state index contributed by atoms with van der Waals surface area (Å²) in [7, 11) is 0. The van der Waals surface area contributed by atoms with E-state index in [2.05, 4.69) is 30.7 Å². The van der Waals surface area contributed by atoms with Crippen molar-refractivity contribution >= 4 is 11.6 Å². The van der Waals surface area contributed by atoms with E-state index >= 15 is 0 Å². The van der Waals surface area contributed by atoms with E-state index in [0.717, 1.165) is 5.65 Å². The van der Waals surface area contributed by atoms with Crippen LogP contribution in [-0.4, -0.2) is 14.4 Å². The molecule has 0 aromatic carbocycles. The number of aromatic nitrogens is 3. The number of nitrogens with two attached hydrogens (primary N) is 1. The number of hydrogen-bond acceptors (Lipinski definition) is 3. The van der Waals surface area contributed by atoms with Crippen molar-refractivity contribution in [1.29, 1.82) is 0 Å². The Balaban J connectivity index is 2.76. The second-order valence-electron chi connectivity index (χ2n) is 4.40. The molecule has 0 spiro atoms. The largest absolute Gasteiger partial charge is 0.369 e. The summed E-state index contributed by atoms with van der Waals surface area (Å²) in [5.74, 6) is 0.477. The van der Waals surface area contributed by atoms with Gasteiger partial charge in [0.05, 0.1) is 0 Å². The summed E-state index contributed by atoms with van der Waals surface area (Å²) < 4.78 is 1.81. The predicted molar refractivity (Wildman–Crippen MR) is 56.1 cm³/mol. The standard InChI is InChI=1S/C10H14N4/c1-10(2,3)7-4-5-14-8(7)12-6-13-9(14)11/h4-6H,1-3H3,(H2,11,12,13). The lowest BCUT2D eigenvalue weighted by Crippen LogP contribution is -2.11. The molecule has 0 aliphatic carbocycles. The highest BCUT2D eigenvalue weighted by Crippen LogP contribution is 2.26. The van der Waals surface area contributed by atoms with Crippen LogP contribution in [0.3, 0.4) is 0 Å². The van der Waals surface area contributed by atoms with Crippen LogP contribution < -0.4 is 5.73 Å². The number of anilines is 1. The normalized spacial score (nSPS) is 12.2. The van der Waals surface area contributed by atoms with Gasteiger partial charge in [-0.1, -0.05) is 20.8 Å². The average Bonchev–Trinajstić information content (AvgIpc) is 2.47. The molecule has 0 fully saturated rings. The molecular weight excluding hydrogens is 176 g/mol. The molecule has 0 aliphatic rings. The Morgan fingerprint density at radius 1 is 1.29 bits per heavy atom. The Morgan fingerprint density at radius 3 is 2.64 bits per heavy atom. The van der Waals surface area contributed by atoms with E-state index in [0.29, 0.717) is 5.95 Å². The van der Waals surface area contributed by atoms with Crippen molar-refractivity contribution in [3.63, 3.8) is 0 Å². The summed E-state index contributed by atoms with van der Waals surface area (Å²) in [6.45, 7) is 6.46. The van der Waals surface area contributed by atoms with Gasteiger partial charge in [0.15, 0.2) is 0 Å². The highest BCUT2D eigenvalue weighted by molar-refractivity contribution is 5.54. The van der Waals surface area contributed by atoms with E-state index in [1.165, 1.54) is 11.9 Å². The molecule has 0 aliphatic heterocycles. The lowest BCUT2D eigenvalue weighted by Gasteiger charge is -2.16. The number of nitrogen functional groups attached to an aromatic ring is 1. The van der Waals surface area contributed by atoms with Crippen LogP contribution in [0.4, 0.5) is 5.95 Å². The first-order valence-electron chi connectivity index (χ1n) is 4.58. The minimum atomic E-state index is 0.0789. The molecule has 0 saturated heterocycles. The van der Waals surface area contributed by atoms with Crippen molar-refractivity contribution in [2.24, 2.45) is 0 Å². The van der Waals surface area contributed by atoms with Gasteiger partial charge in [-0.15, -0.1) is 0 Å². The van der Waals surface area contributed by atoms with Gasteiger partial charge in [-0.2, -0.15) is 0 Å². The van der Waals surface area contributed by atoms with Crippen molar-refractivity contribution in [2.75, 3.05) is 5.73 Å². The zero-order valence-corrected chi connectivity index (χ0v) is 8.65. The van der Waals surface area contributed by atoms with Gasteiger partial charge in [0.2, 0.25) is 5.95 Å². The SMILES string of the molecule is CC(C)(C)c1ccn2c(N)ncnc12. The van der Waals surface area contributed by atoms with Crippen LogP contribution in [0.1, 0.15) is 26.3 Å². The van der Waals surface area contributed by atoms with Gasteiger partial charge >= 0.3 is 0 Å². The number of nitrogens with zero attached hydrogens (tertiary/aromatic N) is 3. The zero-order chi connectivity index (χ0) is 10.3. The lowest BCUT2D eigenvalue weighted by molar-refractivity contribution is 0.594. The Kier molecular flexibility index (Phi) is 1.74. The first-order valence-corrected chi connectivity index (χ1v) is 4.58. The van der Waals surface area contributed by atoms with Crippen LogP contribution >= 0.6 is 0 Å². The van der Waals surface area contributed by atoms with E-state index in [-0.39, 0.29) is 5.41 Å². The van der Waals surface area contributed by atoms with Gasteiger partial charge in [0, 0.05) is 11.8 Å². The fourth-order valence-corrected chi connectivity index (χ4v) is 1.53. The highest BCUT2D eigenvalue weighted by atomic mass is 15.1. The van der Waals surface area contributed by atoms with E-state index in [1.54, 1.807) is 4.40 Å². The highest BCUT2D eigenvalue weighted by Gasteiger charge is 2.19.